The van der Waals surface area contributed by atoms with E-state index in [-0.39, 0.29) is 29.7 Å². The largest absolute Gasteiger partial charge is 0.455 e. The lowest BCUT2D eigenvalue weighted by molar-refractivity contribution is 0.0959. The van der Waals surface area contributed by atoms with Gasteiger partial charge in [-0.05, 0) is 77.8 Å². The molecule has 4 aromatic rings. The van der Waals surface area contributed by atoms with Crippen molar-refractivity contribution >= 4 is 32.8 Å². The van der Waals surface area contributed by atoms with Gasteiger partial charge >= 0.3 is 0 Å². The highest BCUT2D eigenvalue weighted by molar-refractivity contribution is 7.88. The number of carbonyl (C=O) groups is 2. The normalized spacial score (nSPS) is 11.3. The van der Waals surface area contributed by atoms with Gasteiger partial charge in [0, 0.05) is 30.1 Å². The number of hydrogen-bond donors (Lipinski definition) is 3. The Bertz CT molecular complexity index is 1640. The van der Waals surface area contributed by atoms with Gasteiger partial charge in [0.2, 0.25) is 10.0 Å². The minimum absolute atomic E-state index is 0.127. The predicted octanol–water partition coefficient (Wildman–Crippen LogP) is 4.23. The van der Waals surface area contributed by atoms with Gasteiger partial charge in [-0.15, -0.1) is 0 Å². The standard InChI is InChI=1S/C28H26FN3O5S/c1-4-31-27(33)20-7-5-6-18(14-20)22-16-23-24(15-19(22)12-13-32-38(3,35)36)37-26(25(23)28(34)30-2)17-8-10-21(29)11-9-17/h4-11,14-16,32H,1,12-13H2,2-3H3,(H,30,34)(H,31,33). The summed E-state index contributed by atoms with van der Waals surface area (Å²) in [7, 11) is -1.91. The van der Waals surface area contributed by atoms with Gasteiger partial charge in [0.25, 0.3) is 11.8 Å². The molecule has 1 aromatic heterocycles. The molecule has 3 N–H and O–H groups in total. The molecule has 0 saturated carbocycles. The molecular formula is C28H26FN3O5S. The van der Waals surface area contributed by atoms with Crippen molar-refractivity contribution in [1.82, 2.24) is 15.4 Å². The first kappa shape index (κ1) is 26.8. The number of halogens is 1. The Morgan fingerprint density at radius 2 is 1.76 bits per heavy atom. The Hall–Kier alpha value is -4.28. The van der Waals surface area contributed by atoms with Crippen molar-refractivity contribution in [3.8, 4) is 22.5 Å². The van der Waals surface area contributed by atoms with Crippen LogP contribution in [0.4, 0.5) is 4.39 Å². The zero-order valence-electron chi connectivity index (χ0n) is 20.8. The summed E-state index contributed by atoms with van der Waals surface area (Å²) in [6.45, 7) is 3.64. The van der Waals surface area contributed by atoms with Crippen LogP contribution in [-0.2, 0) is 16.4 Å². The van der Waals surface area contributed by atoms with Crippen LogP contribution in [0.25, 0.3) is 33.4 Å². The Balaban J connectivity index is 1.94. The SMILES string of the molecule is C=CNC(=O)c1cccc(-c2cc3c(C(=O)NC)c(-c4ccc(F)cc4)oc3cc2CCNS(C)(=O)=O)c1. The minimum atomic E-state index is -3.41. The van der Waals surface area contributed by atoms with E-state index >= 15 is 0 Å². The second-order valence-corrected chi connectivity index (χ2v) is 10.4. The number of rotatable bonds is 9. The molecule has 0 atom stereocenters. The molecule has 4 rings (SSSR count). The van der Waals surface area contributed by atoms with Crippen molar-refractivity contribution in [3.05, 3.63) is 96.0 Å². The summed E-state index contributed by atoms with van der Waals surface area (Å²) in [5, 5.41) is 5.69. The van der Waals surface area contributed by atoms with E-state index in [4.69, 9.17) is 4.42 Å². The molecule has 0 fully saturated rings. The third kappa shape index (κ3) is 5.82. The first-order valence-corrected chi connectivity index (χ1v) is 13.5. The molecule has 0 unspecified atom stereocenters. The molecule has 0 saturated heterocycles. The van der Waals surface area contributed by atoms with Gasteiger partial charge in [-0.2, -0.15) is 0 Å². The maximum atomic E-state index is 13.6. The maximum Gasteiger partial charge on any atom is 0.255 e. The third-order valence-electron chi connectivity index (χ3n) is 5.90. The van der Waals surface area contributed by atoms with Crippen molar-refractivity contribution < 1.29 is 26.8 Å². The zero-order valence-corrected chi connectivity index (χ0v) is 21.6. The second kappa shape index (κ2) is 11.0. The van der Waals surface area contributed by atoms with Gasteiger partial charge in [-0.3, -0.25) is 9.59 Å². The van der Waals surface area contributed by atoms with Crippen LogP contribution in [0.5, 0.6) is 0 Å². The van der Waals surface area contributed by atoms with Crippen LogP contribution < -0.4 is 15.4 Å². The highest BCUT2D eigenvalue weighted by Crippen LogP contribution is 2.38. The molecule has 10 heteroatoms. The summed E-state index contributed by atoms with van der Waals surface area (Å²) in [6, 6.07) is 16.1. The van der Waals surface area contributed by atoms with E-state index in [2.05, 4.69) is 21.9 Å². The number of furan rings is 1. The van der Waals surface area contributed by atoms with E-state index in [1.165, 1.54) is 37.5 Å². The molecule has 0 spiro atoms. The van der Waals surface area contributed by atoms with Crippen molar-refractivity contribution in [1.29, 1.82) is 0 Å². The van der Waals surface area contributed by atoms with Crippen molar-refractivity contribution in [2.75, 3.05) is 19.8 Å². The lowest BCUT2D eigenvalue weighted by Crippen LogP contribution is -2.24. The molecule has 3 aromatic carbocycles. The fraction of sp³-hybridized carbons (Fsp3) is 0.143. The van der Waals surface area contributed by atoms with Gasteiger partial charge in [0.15, 0.2) is 0 Å². The van der Waals surface area contributed by atoms with Crippen LogP contribution in [-0.4, -0.2) is 40.1 Å². The smallest absolute Gasteiger partial charge is 0.255 e. The van der Waals surface area contributed by atoms with E-state index in [1.807, 2.05) is 6.07 Å². The Labute approximate surface area is 219 Å². The summed E-state index contributed by atoms with van der Waals surface area (Å²) < 4.78 is 45.5. The summed E-state index contributed by atoms with van der Waals surface area (Å²) >= 11 is 0. The fourth-order valence-electron chi connectivity index (χ4n) is 4.19. The molecule has 8 nitrogen and oxygen atoms in total. The van der Waals surface area contributed by atoms with E-state index < -0.39 is 15.8 Å². The average Bonchev–Trinajstić information content (AvgIpc) is 3.26. The zero-order chi connectivity index (χ0) is 27.4. The fourth-order valence-corrected chi connectivity index (χ4v) is 4.66. The average molecular weight is 536 g/mol. The summed E-state index contributed by atoms with van der Waals surface area (Å²) in [6.07, 6.45) is 2.68. The molecule has 0 bridgehead atoms. The number of benzene rings is 3. The molecular weight excluding hydrogens is 509 g/mol. The summed E-state index contributed by atoms with van der Waals surface area (Å²) in [5.74, 6) is -0.874. The van der Waals surface area contributed by atoms with E-state index in [1.54, 1.807) is 30.3 Å². The van der Waals surface area contributed by atoms with Gasteiger partial charge < -0.3 is 15.1 Å². The molecule has 0 aliphatic carbocycles. The molecule has 0 aliphatic heterocycles. The van der Waals surface area contributed by atoms with Crippen molar-refractivity contribution in [3.63, 3.8) is 0 Å². The lowest BCUT2D eigenvalue weighted by atomic mass is 9.93. The minimum Gasteiger partial charge on any atom is -0.455 e. The quantitative estimate of drug-likeness (QED) is 0.297. The van der Waals surface area contributed by atoms with E-state index in [0.717, 1.165) is 11.8 Å². The molecule has 38 heavy (non-hydrogen) atoms. The first-order valence-electron chi connectivity index (χ1n) is 11.7. The van der Waals surface area contributed by atoms with Gasteiger partial charge in [0.05, 0.1) is 11.8 Å². The highest BCUT2D eigenvalue weighted by atomic mass is 32.2. The number of nitrogens with one attached hydrogen (secondary N) is 3. The summed E-state index contributed by atoms with van der Waals surface area (Å²) in [4.78, 5) is 25.4. The van der Waals surface area contributed by atoms with Crippen LogP contribution in [0.2, 0.25) is 0 Å². The van der Waals surface area contributed by atoms with Crippen molar-refractivity contribution in [2.24, 2.45) is 0 Å². The number of sulfonamides is 1. The van der Waals surface area contributed by atoms with Gasteiger partial charge in [0.1, 0.15) is 17.2 Å². The third-order valence-corrected chi connectivity index (χ3v) is 6.63. The van der Waals surface area contributed by atoms with E-state index in [0.29, 0.717) is 39.6 Å². The molecule has 2 amide bonds. The molecule has 196 valence electrons. The van der Waals surface area contributed by atoms with Crippen LogP contribution >= 0.6 is 0 Å². The van der Waals surface area contributed by atoms with Gasteiger partial charge in [-0.25, -0.2) is 17.5 Å². The topological polar surface area (TPSA) is 118 Å². The highest BCUT2D eigenvalue weighted by Gasteiger charge is 2.23. The van der Waals surface area contributed by atoms with Crippen LogP contribution in [0.15, 0.2) is 77.9 Å². The number of fused-ring (bicyclic) bond motifs is 1. The summed E-state index contributed by atoms with van der Waals surface area (Å²) in [5.41, 5.74) is 3.71. The van der Waals surface area contributed by atoms with E-state index in [9.17, 15) is 22.4 Å². The molecule has 1 heterocycles. The number of hydrogen-bond acceptors (Lipinski definition) is 5. The second-order valence-electron chi connectivity index (χ2n) is 8.57. The molecule has 0 radical (unpaired) electrons. The lowest BCUT2D eigenvalue weighted by Gasteiger charge is -2.12. The van der Waals surface area contributed by atoms with Crippen LogP contribution in [0, 0.1) is 5.82 Å². The Kier molecular flexibility index (Phi) is 7.75. The van der Waals surface area contributed by atoms with Crippen molar-refractivity contribution in [2.45, 2.75) is 6.42 Å². The van der Waals surface area contributed by atoms with Crippen LogP contribution in [0.3, 0.4) is 0 Å². The number of carbonyl (C=O) groups excluding carboxylic acids is 2. The Morgan fingerprint density at radius 3 is 2.42 bits per heavy atom. The maximum absolute atomic E-state index is 13.6. The predicted molar refractivity (Wildman–Crippen MR) is 145 cm³/mol. The van der Waals surface area contributed by atoms with Gasteiger partial charge in [-0.1, -0.05) is 18.7 Å². The monoisotopic (exact) mass is 535 g/mol. The molecule has 0 aliphatic rings. The van der Waals surface area contributed by atoms with Crippen LogP contribution in [0.1, 0.15) is 26.3 Å². The first-order chi connectivity index (χ1) is 18.1. The number of amides is 2. The Morgan fingerprint density at radius 1 is 1.03 bits per heavy atom.